The molecule has 0 aliphatic heterocycles. The Balaban J connectivity index is 2.70. The molecule has 0 radical (unpaired) electrons. The molecule has 0 fully saturated rings. The number of hydrogen-bond acceptors (Lipinski definition) is 5. The topological polar surface area (TPSA) is 73.1 Å². The fourth-order valence-corrected chi connectivity index (χ4v) is 1.06. The van der Waals surface area contributed by atoms with E-state index in [0.717, 1.165) is 13.0 Å². The summed E-state index contributed by atoms with van der Waals surface area (Å²) in [7, 11) is 0. The first-order valence-electron chi connectivity index (χ1n) is 4.87. The Kier molecular flexibility index (Phi) is 4.40. The number of hydrogen-bond donors (Lipinski definition) is 2. The van der Waals surface area contributed by atoms with E-state index in [1.807, 2.05) is 13.0 Å². The number of nitrogens with one attached hydrogen (secondary N) is 1. The van der Waals surface area contributed by atoms with Crippen molar-refractivity contribution in [1.29, 1.82) is 0 Å². The van der Waals surface area contributed by atoms with Gasteiger partial charge in [0.15, 0.2) is 5.82 Å². The summed E-state index contributed by atoms with van der Waals surface area (Å²) in [5.74, 6) is 1.03. The van der Waals surface area contributed by atoms with Crippen LogP contribution in [0.15, 0.2) is 19.0 Å². The summed E-state index contributed by atoms with van der Waals surface area (Å²) in [6.45, 7) is 6.80. The summed E-state index contributed by atoms with van der Waals surface area (Å²) in [6, 6.07) is 0. The number of aromatic nitrogens is 2. The standard InChI is InChI=1S/C10H16N4O/c1-3-5-6-12-9-8(11)10(15-4-2)14-7-13-9/h3,7H,1,4-6,11H2,2H3,(H,12,13,14). The zero-order chi connectivity index (χ0) is 11.1. The molecule has 0 saturated carbocycles. The Morgan fingerprint density at radius 3 is 3.07 bits per heavy atom. The van der Waals surface area contributed by atoms with Gasteiger partial charge in [-0.2, -0.15) is 4.98 Å². The lowest BCUT2D eigenvalue weighted by Gasteiger charge is -2.09. The van der Waals surface area contributed by atoms with Gasteiger partial charge in [0.25, 0.3) is 0 Å². The van der Waals surface area contributed by atoms with Gasteiger partial charge in [-0.25, -0.2) is 4.98 Å². The molecule has 0 aliphatic carbocycles. The number of nitrogen functional groups attached to an aromatic ring is 1. The van der Waals surface area contributed by atoms with E-state index >= 15 is 0 Å². The minimum Gasteiger partial charge on any atom is -0.476 e. The van der Waals surface area contributed by atoms with Gasteiger partial charge in [-0.1, -0.05) is 6.08 Å². The summed E-state index contributed by atoms with van der Waals surface area (Å²) in [5.41, 5.74) is 6.26. The molecule has 0 aliphatic rings. The van der Waals surface area contributed by atoms with E-state index < -0.39 is 0 Å². The van der Waals surface area contributed by atoms with Crippen molar-refractivity contribution in [3.63, 3.8) is 0 Å². The highest BCUT2D eigenvalue weighted by atomic mass is 16.5. The molecule has 5 nitrogen and oxygen atoms in total. The van der Waals surface area contributed by atoms with E-state index in [1.165, 1.54) is 6.33 Å². The molecule has 0 unspecified atom stereocenters. The van der Waals surface area contributed by atoms with E-state index in [2.05, 4.69) is 21.9 Å². The van der Waals surface area contributed by atoms with Crippen molar-refractivity contribution in [3.05, 3.63) is 19.0 Å². The molecule has 0 bridgehead atoms. The average molecular weight is 208 g/mol. The van der Waals surface area contributed by atoms with Crippen LogP contribution in [0.2, 0.25) is 0 Å². The van der Waals surface area contributed by atoms with Crippen molar-refractivity contribution in [2.45, 2.75) is 13.3 Å². The Labute approximate surface area is 89.4 Å². The molecular formula is C10H16N4O. The Hall–Kier alpha value is -1.78. The van der Waals surface area contributed by atoms with Crippen LogP contribution >= 0.6 is 0 Å². The summed E-state index contributed by atoms with van der Waals surface area (Å²) in [6.07, 6.45) is 4.11. The van der Waals surface area contributed by atoms with Gasteiger partial charge in [0.05, 0.1) is 6.61 Å². The second kappa shape index (κ2) is 5.85. The van der Waals surface area contributed by atoms with Crippen LogP contribution in [-0.4, -0.2) is 23.1 Å². The Morgan fingerprint density at radius 1 is 1.60 bits per heavy atom. The van der Waals surface area contributed by atoms with Crippen LogP contribution in [-0.2, 0) is 0 Å². The second-order valence-electron chi connectivity index (χ2n) is 2.88. The third-order valence-corrected chi connectivity index (χ3v) is 1.77. The first-order valence-corrected chi connectivity index (χ1v) is 4.87. The molecule has 82 valence electrons. The van der Waals surface area contributed by atoms with Gasteiger partial charge in [0.1, 0.15) is 12.0 Å². The van der Waals surface area contributed by atoms with Crippen molar-refractivity contribution in [2.75, 3.05) is 24.2 Å². The quantitative estimate of drug-likeness (QED) is 0.546. The number of nitrogens with zero attached hydrogens (tertiary/aromatic N) is 2. The predicted molar refractivity (Wildman–Crippen MR) is 60.9 cm³/mol. The van der Waals surface area contributed by atoms with E-state index in [-0.39, 0.29) is 0 Å². The van der Waals surface area contributed by atoms with Crippen LogP contribution < -0.4 is 15.8 Å². The van der Waals surface area contributed by atoms with E-state index in [9.17, 15) is 0 Å². The highest BCUT2D eigenvalue weighted by Gasteiger charge is 2.07. The first-order chi connectivity index (χ1) is 7.29. The molecule has 1 heterocycles. The molecule has 1 aromatic rings. The summed E-state index contributed by atoms with van der Waals surface area (Å²) in [5, 5.41) is 3.09. The Bertz CT molecular complexity index is 327. The predicted octanol–water partition coefficient (Wildman–Crippen LogP) is 1.45. The Morgan fingerprint density at radius 2 is 2.40 bits per heavy atom. The summed E-state index contributed by atoms with van der Waals surface area (Å²) < 4.78 is 5.25. The van der Waals surface area contributed by atoms with Gasteiger partial charge >= 0.3 is 0 Å². The lowest BCUT2D eigenvalue weighted by molar-refractivity contribution is 0.328. The fraction of sp³-hybridized carbons (Fsp3) is 0.400. The maximum absolute atomic E-state index is 5.81. The second-order valence-corrected chi connectivity index (χ2v) is 2.88. The van der Waals surface area contributed by atoms with Crippen LogP contribution in [0.5, 0.6) is 5.88 Å². The zero-order valence-electron chi connectivity index (χ0n) is 8.86. The molecule has 0 aromatic carbocycles. The lowest BCUT2D eigenvalue weighted by Crippen LogP contribution is -2.08. The summed E-state index contributed by atoms with van der Waals surface area (Å²) >= 11 is 0. The SMILES string of the molecule is C=CCCNc1ncnc(OCC)c1N. The van der Waals surface area contributed by atoms with Gasteiger partial charge in [-0.05, 0) is 13.3 Å². The smallest absolute Gasteiger partial charge is 0.242 e. The molecule has 0 saturated heterocycles. The summed E-state index contributed by atoms with van der Waals surface area (Å²) in [4.78, 5) is 7.97. The lowest BCUT2D eigenvalue weighted by atomic mass is 10.4. The molecule has 0 amide bonds. The number of ether oxygens (including phenoxy) is 1. The molecule has 1 aromatic heterocycles. The van der Waals surface area contributed by atoms with Crippen molar-refractivity contribution in [1.82, 2.24) is 9.97 Å². The number of rotatable bonds is 6. The first kappa shape index (κ1) is 11.3. The van der Waals surface area contributed by atoms with Crippen LogP contribution in [0.1, 0.15) is 13.3 Å². The average Bonchev–Trinajstić information content (AvgIpc) is 2.24. The number of anilines is 2. The van der Waals surface area contributed by atoms with E-state index in [0.29, 0.717) is 24.0 Å². The maximum Gasteiger partial charge on any atom is 0.242 e. The highest BCUT2D eigenvalue weighted by molar-refractivity contribution is 5.66. The zero-order valence-corrected chi connectivity index (χ0v) is 8.86. The molecule has 1 rings (SSSR count). The van der Waals surface area contributed by atoms with Gasteiger partial charge < -0.3 is 15.8 Å². The highest BCUT2D eigenvalue weighted by Crippen LogP contribution is 2.24. The molecule has 5 heteroatoms. The molecular weight excluding hydrogens is 192 g/mol. The van der Waals surface area contributed by atoms with Gasteiger partial charge in [0.2, 0.25) is 5.88 Å². The van der Waals surface area contributed by atoms with E-state index in [1.54, 1.807) is 0 Å². The van der Waals surface area contributed by atoms with Crippen molar-refractivity contribution in [3.8, 4) is 5.88 Å². The normalized spacial score (nSPS) is 9.67. The molecule has 3 N–H and O–H groups in total. The molecule has 0 spiro atoms. The van der Waals surface area contributed by atoms with Crippen LogP contribution in [0, 0.1) is 0 Å². The minimum atomic E-state index is 0.425. The van der Waals surface area contributed by atoms with Crippen molar-refractivity contribution < 1.29 is 4.74 Å². The van der Waals surface area contributed by atoms with Crippen molar-refractivity contribution in [2.24, 2.45) is 0 Å². The third kappa shape index (κ3) is 3.12. The van der Waals surface area contributed by atoms with Crippen LogP contribution in [0.3, 0.4) is 0 Å². The fourth-order valence-electron chi connectivity index (χ4n) is 1.06. The number of nitrogens with two attached hydrogens (primary N) is 1. The largest absolute Gasteiger partial charge is 0.476 e. The van der Waals surface area contributed by atoms with E-state index in [4.69, 9.17) is 10.5 Å². The van der Waals surface area contributed by atoms with Gasteiger partial charge in [-0.3, -0.25) is 0 Å². The minimum absolute atomic E-state index is 0.425. The molecule has 0 atom stereocenters. The van der Waals surface area contributed by atoms with Gasteiger partial charge in [0, 0.05) is 6.54 Å². The monoisotopic (exact) mass is 208 g/mol. The van der Waals surface area contributed by atoms with Crippen LogP contribution in [0.25, 0.3) is 0 Å². The van der Waals surface area contributed by atoms with Crippen molar-refractivity contribution >= 4 is 11.5 Å². The maximum atomic E-state index is 5.81. The third-order valence-electron chi connectivity index (χ3n) is 1.77. The molecule has 15 heavy (non-hydrogen) atoms. The van der Waals surface area contributed by atoms with Gasteiger partial charge in [-0.15, -0.1) is 6.58 Å². The van der Waals surface area contributed by atoms with Crippen LogP contribution in [0.4, 0.5) is 11.5 Å².